The van der Waals surface area contributed by atoms with Gasteiger partial charge in [-0.15, -0.1) is 0 Å². The molecule has 0 spiro atoms. The first-order valence-corrected chi connectivity index (χ1v) is 9.57. The van der Waals surface area contributed by atoms with Crippen LogP contribution in [0.2, 0.25) is 0 Å². The minimum Gasteiger partial charge on any atom is -0.0877 e. The number of hydrogen-bond donors (Lipinski definition) is 0. The molecule has 1 heteroatoms. The highest BCUT2D eigenvalue weighted by molar-refractivity contribution is 7.73. The summed E-state index contributed by atoms with van der Waals surface area (Å²) in [7, 11) is -0.431. The Morgan fingerprint density at radius 2 is 1.87 bits per heavy atom. The third-order valence-electron chi connectivity index (χ3n) is 3.63. The molecule has 118 valence electrons. The van der Waals surface area contributed by atoms with Crippen molar-refractivity contribution in [2.75, 3.05) is 0 Å². The van der Waals surface area contributed by atoms with Crippen LogP contribution < -0.4 is 5.30 Å². The van der Waals surface area contributed by atoms with Gasteiger partial charge in [-0.2, -0.15) is 0 Å². The lowest BCUT2D eigenvalue weighted by atomic mass is 10.3. The lowest BCUT2D eigenvalue weighted by Crippen LogP contribution is -2.03. The number of benzene rings is 1. The zero-order valence-corrected chi connectivity index (χ0v) is 14.9. The van der Waals surface area contributed by atoms with E-state index >= 15 is 0 Å². The van der Waals surface area contributed by atoms with Gasteiger partial charge in [0.1, 0.15) is 0 Å². The van der Waals surface area contributed by atoms with Crippen molar-refractivity contribution in [2.24, 2.45) is 0 Å². The molecule has 1 aromatic rings. The van der Waals surface area contributed by atoms with Crippen LogP contribution >= 0.6 is 7.92 Å². The fraction of sp³-hybridized carbons (Fsp3) is 0.182. The van der Waals surface area contributed by atoms with Gasteiger partial charge in [0.2, 0.25) is 0 Å². The molecule has 0 radical (unpaired) electrons. The fourth-order valence-electron chi connectivity index (χ4n) is 2.52. The number of hydrogen-bond acceptors (Lipinski definition) is 0. The molecule has 0 saturated heterocycles. The van der Waals surface area contributed by atoms with E-state index in [2.05, 4.69) is 98.0 Å². The topological polar surface area (TPSA) is 0 Å². The van der Waals surface area contributed by atoms with Crippen LogP contribution in [-0.2, 0) is 0 Å². The molecule has 1 unspecified atom stereocenters. The van der Waals surface area contributed by atoms with Gasteiger partial charge in [0, 0.05) is 0 Å². The van der Waals surface area contributed by atoms with E-state index in [0.29, 0.717) is 0 Å². The lowest BCUT2D eigenvalue weighted by Gasteiger charge is -2.23. The van der Waals surface area contributed by atoms with Gasteiger partial charge in [0.25, 0.3) is 0 Å². The Kier molecular flexibility index (Phi) is 7.57. The normalized spacial score (nSPS) is 16.8. The third kappa shape index (κ3) is 5.34. The van der Waals surface area contributed by atoms with Gasteiger partial charge in [0.05, 0.1) is 0 Å². The summed E-state index contributed by atoms with van der Waals surface area (Å²) in [6.07, 6.45) is 23.8. The molecule has 0 N–H and O–H groups in total. The molecule has 23 heavy (non-hydrogen) atoms. The molecule has 2 rings (SSSR count). The second-order valence-corrected chi connectivity index (χ2v) is 7.60. The van der Waals surface area contributed by atoms with Crippen molar-refractivity contribution < 1.29 is 0 Å². The van der Waals surface area contributed by atoms with E-state index in [9.17, 15) is 0 Å². The van der Waals surface area contributed by atoms with Gasteiger partial charge < -0.3 is 0 Å². The molecule has 1 atom stereocenters. The van der Waals surface area contributed by atoms with Crippen LogP contribution in [0.4, 0.5) is 0 Å². The van der Waals surface area contributed by atoms with Crippen LogP contribution in [0.25, 0.3) is 0 Å². The Hall–Kier alpha value is -1.91. The summed E-state index contributed by atoms with van der Waals surface area (Å²) in [4.78, 5) is 0. The van der Waals surface area contributed by atoms with Crippen molar-refractivity contribution >= 4 is 13.2 Å². The Morgan fingerprint density at radius 3 is 2.61 bits per heavy atom. The smallest absolute Gasteiger partial charge is 0.00837 e. The summed E-state index contributed by atoms with van der Waals surface area (Å²) in [6.45, 7) is 4.30. The highest BCUT2D eigenvalue weighted by Crippen LogP contribution is 2.54. The maximum absolute atomic E-state index is 2.30. The van der Waals surface area contributed by atoms with Crippen LogP contribution in [-0.4, -0.2) is 0 Å². The first-order valence-electron chi connectivity index (χ1n) is 8.23. The minimum atomic E-state index is -0.431. The quantitative estimate of drug-likeness (QED) is 0.408. The van der Waals surface area contributed by atoms with E-state index in [0.717, 1.165) is 12.8 Å². The fourth-order valence-corrected chi connectivity index (χ4v) is 5.09. The average Bonchev–Trinajstić information content (AvgIpc) is 2.87. The monoisotopic (exact) mass is 320 g/mol. The highest BCUT2D eigenvalue weighted by atomic mass is 31.1. The molecule has 0 nitrogen and oxygen atoms in total. The Balaban J connectivity index is 2.41. The van der Waals surface area contributed by atoms with Crippen molar-refractivity contribution in [1.29, 1.82) is 0 Å². The summed E-state index contributed by atoms with van der Waals surface area (Å²) in [6, 6.07) is 10.9. The largest absolute Gasteiger partial charge is 0.0877 e. The molecule has 0 amide bonds. The van der Waals surface area contributed by atoms with E-state index in [1.165, 1.54) is 15.9 Å². The SMILES string of the molecule is C\C=C/C=C\C=C(/CC)P(C1=CC=CC=CC1)c1ccccc1. The molecule has 1 aromatic carbocycles. The first kappa shape index (κ1) is 17.4. The molecule has 1 aliphatic rings. The van der Waals surface area contributed by atoms with Gasteiger partial charge in [-0.3, -0.25) is 0 Å². The predicted octanol–water partition coefficient (Wildman–Crippen LogP) is 6.62. The highest BCUT2D eigenvalue weighted by Gasteiger charge is 2.18. The van der Waals surface area contributed by atoms with Crippen molar-refractivity contribution in [3.63, 3.8) is 0 Å². The molecule has 1 aliphatic carbocycles. The Labute approximate surface area is 142 Å². The standard InChI is InChI=1S/C22H25P/c1-3-5-6-10-15-20(4-2)23(22-18-13-9-14-19-22)21-16-11-7-8-12-17-21/h3,5-16,18-19H,4,17H2,1-2H3/b5-3-,10-6-,20-15+. The summed E-state index contributed by atoms with van der Waals surface area (Å²) in [5, 5.41) is 4.47. The zero-order chi connectivity index (χ0) is 16.3. The minimum absolute atomic E-state index is 0.431. The van der Waals surface area contributed by atoms with Crippen LogP contribution in [0.1, 0.15) is 26.7 Å². The van der Waals surface area contributed by atoms with Crippen LogP contribution in [0, 0.1) is 0 Å². The predicted molar refractivity (Wildman–Crippen MR) is 106 cm³/mol. The van der Waals surface area contributed by atoms with E-state index < -0.39 is 7.92 Å². The lowest BCUT2D eigenvalue weighted by molar-refractivity contribution is 1.19. The molecular formula is C22H25P. The second kappa shape index (κ2) is 9.98. The average molecular weight is 320 g/mol. The molecule has 0 fully saturated rings. The van der Waals surface area contributed by atoms with Crippen molar-refractivity contribution in [3.05, 3.63) is 102 Å². The van der Waals surface area contributed by atoms with Crippen molar-refractivity contribution in [2.45, 2.75) is 26.7 Å². The van der Waals surface area contributed by atoms with Gasteiger partial charge in [-0.25, -0.2) is 0 Å². The zero-order valence-electron chi connectivity index (χ0n) is 14.0. The van der Waals surface area contributed by atoms with Gasteiger partial charge >= 0.3 is 0 Å². The molecule has 0 heterocycles. The summed E-state index contributed by atoms with van der Waals surface area (Å²) in [5.74, 6) is 0. The molecule has 0 aromatic heterocycles. The molecule has 0 saturated carbocycles. The second-order valence-electron chi connectivity index (χ2n) is 5.27. The molecular weight excluding hydrogens is 295 g/mol. The summed E-state index contributed by atoms with van der Waals surface area (Å²) >= 11 is 0. The van der Waals surface area contributed by atoms with Crippen LogP contribution in [0.15, 0.2) is 102 Å². The van der Waals surface area contributed by atoms with Crippen molar-refractivity contribution in [3.8, 4) is 0 Å². The maximum Gasteiger partial charge on any atom is -0.00837 e. The Morgan fingerprint density at radius 1 is 1.04 bits per heavy atom. The third-order valence-corrected chi connectivity index (χ3v) is 6.39. The van der Waals surface area contributed by atoms with Crippen LogP contribution in [0.3, 0.4) is 0 Å². The number of allylic oxidation sites excluding steroid dienone is 12. The van der Waals surface area contributed by atoms with Crippen molar-refractivity contribution in [1.82, 2.24) is 0 Å². The van der Waals surface area contributed by atoms with E-state index in [-0.39, 0.29) is 0 Å². The molecule has 0 aliphatic heterocycles. The van der Waals surface area contributed by atoms with E-state index in [1.54, 1.807) is 0 Å². The van der Waals surface area contributed by atoms with Crippen LogP contribution in [0.5, 0.6) is 0 Å². The molecule has 0 bridgehead atoms. The maximum atomic E-state index is 2.30. The summed E-state index contributed by atoms with van der Waals surface area (Å²) < 4.78 is 0. The van der Waals surface area contributed by atoms with E-state index in [1.807, 2.05) is 6.92 Å². The first-order chi connectivity index (χ1) is 11.4. The van der Waals surface area contributed by atoms with Gasteiger partial charge in [0.15, 0.2) is 0 Å². The van der Waals surface area contributed by atoms with Gasteiger partial charge in [-0.05, 0) is 43.6 Å². The van der Waals surface area contributed by atoms with E-state index in [4.69, 9.17) is 0 Å². The summed E-state index contributed by atoms with van der Waals surface area (Å²) in [5.41, 5.74) is 0. The number of rotatable bonds is 6. The Bertz CT molecular complexity index is 654. The van der Waals surface area contributed by atoms with Gasteiger partial charge in [-0.1, -0.05) is 98.0 Å².